The Balaban J connectivity index is 1.50. The number of benzene rings is 2. The van der Waals surface area contributed by atoms with Crippen LogP contribution in [0.4, 0.5) is 0 Å². The molecule has 5 nitrogen and oxygen atoms in total. The summed E-state index contributed by atoms with van der Waals surface area (Å²) in [4.78, 5) is 17.6. The van der Waals surface area contributed by atoms with Gasteiger partial charge in [-0.2, -0.15) is 0 Å². The van der Waals surface area contributed by atoms with E-state index in [0.717, 1.165) is 53.9 Å². The number of aromatic nitrogens is 2. The third-order valence-corrected chi connectivity index (χ3v) is 6.07. The molecule has 1 aliphatic carbocycles. The van der Waals surface area contributed by atoms with Crippen LogP contribution in [0.3, 0.4) is 0 Å². The highest BCUT2D eigenvalue weighted by molar-refractivity contribution is 5.80. The molecule has 1 unspecified atom stereocenters. The first-order chi connectivity index (χ1) is 14.6. The maximum Gasteiger partial charge on any atom is 0.223 e. The molecule has 1 aromatic heterocycles. The van der Waals surface area contributed by atoms with Crippen molar-refractivity contribution in [3.8, 4) is 5.75 Å². The van der Waals surface area contributed by atoms with Crippen LogP contribution in [0.5, 0.6) is 5.75 Å². The lowest BCUT2D eigenvalue weighted by atomic mass is 9.88. The van der Waals surface area contributed by atoms with Crippen LogP contribution in [0.2, 0.25) is 0 Å². The van der Waals surface area contributed by atoms with Crippen LogP contribution in [-0.4, -0.2) is 22.1 Å². The lowest BCUT2D eigenvalue weighted by Gasteiger charge is -2.23. The van der Waals surface area contributed by atoms with Gasteiger partial charge in [-0.05, 0) is 50.5 Å². The van der Waals surface area contributed by atoms with E-state index in [9.17, 15) is 4.79 Å². The van der Waals surface area contributed by atoms with Crippen LogP contribution in [0.25, 0.3) is 11.0 Å². The lowest BCUT2D eigenvalue weighted by Crippen LogP contribution is -2.35. The molecule has 1 aliphatic rings. The molecule has 0 bridgehead atoms. The molecule has 0 radical (unpaired) electrons. The van der Waals surface area contributed by atoms with Crippen molar-refractivity contribution in [2.24, 2.45) is 5.92 Å². The predicted octanol–water partition coefficient (Wildman–Crippen LogP) is 5.18. The van der Waals surface area contributed by atoms with E-state index in [1.54, 1.807) is 0 Å². The smallest absolute Gasteiger partial charge is 0.223 e. The zero-order valence-electron chi connectivity index (χ0n) is 17.9. The molecule has 30 heavy (non-hydrogen) atoms. The molecule has 158 valence electrons. The van der Waals surface area contributed by atoms with E-state index < -0.39 is 0 Å². The van der Waals surface area contributed by atoms with E-state index in [-0.39, 0.29) is 17.9 Å². The second kappa shape index (κ2) is 9.33. The summed E-state index contributed by atoms with van der Waals surface area (Å²) in [5, 5.41) is 3.22. The van der Waals surface area contributed by atoms with Gasteiger partial charge >= 0.3 is 0 Å². The number of carbonyl (C=O) groups is 1. The Morgan fingerprint density at radius 1 is 1.13 bits per heavy atom. The Morgan fingerprint density at radius 2 is 1.87 bits per heavy atom. The highest BCUT2D eigenvalue weighted by Crippen LogP contribution is 2.26. The number of carbonyl (C=O) groups excluding carboxylic acids is 1. The zero-order chi connectivity index (χ0) is 20.9. The molecule has 1 N–H and O–H groups in total. The van der Waals surface area contributed by atoms with Crippen molar-refractivity contribution in [1.82, 2.24) is 14.9 Å². The van der Waals surface area contributed by atoms with E-state index in [2.05, 4.69) is 28.9 Å². The summed E-state index contributed by atoms with van der Waals surface area (Å²) in [7, 11) is 0. The van der Waals surface area contributed by atoms with Gasteiger partial charge < -0.3 is 14.6 Å². The van der Waals surface area contributed by atoms with Gasteiger partial charge in [-0.25, -0.2) is 4.98 Å². The van der Waals surface area contributed by atoms with Crippen molar-refractivity contribution < 1.29 is 9.53 Å². The van der Waals surface area contributed by atoms with Gasteiger partial charge in [0, 0.05) is 5.92 Å². The summed E-state index contributed by atoms with van der Waals surface area (Å²) >= 11 is 0. The maximum absolute atomic E-state index is 12.8. The Hall–Kier alpha value is -2.82. The first kappa shape index (κ1) is 20.5. The van der Waals surface area contributed by atoms with Gasteiger partial charge in [-0.1, -0.05) is 49.6 Å². The average Bonchev–Trinajstić information content (AvgIpc) is 3.14. The monoisotopic (exact) mass is 405 g/mol. The van der Waals surface area contributed by atoms with Crippen LogP contribution in [0.1, 0.15) is 56.5 Å². The molecule has 4 rings (SSSR count). The highest BCUT2D eigenvalue weighted by Gasteiger charge is 2.24. The van der Waals surface area contributed by atoms with Crippen LogP contribution in [0.15, 0.2) is 48.5 Å². The third kappa shape index (κ3) is 4.50. The molecule has 2 aromatic carbocycles. The molecule has 1 amide bonds. The van der Waals surface area contributed by atoms with Gasteiger partial charge in [-0.15, -0.1) is 0 Å². The number of para-hydroxylation sites is 3. The number of fused-ring (bicyclic) bond motifs is 1. The van der Waals surface area contributed by atoms with Crippen molar-refractivity contribution >= 4 is 16.9 Å². The van der Waals surface area contributed by atoms with Gasteiger partial charge in [0.15, 0.2) is 0 Å². The van der Waals surface area contributed by atoms with Crippen LogP contribution in [-0.2, 0) is 11.3 Å². The lowest BCUT2D eigenvalue weighted by molar-refractivity contribution is -0.126. The quantitative estimate of drug-likeness (QED) is 0.589. The van der Waals surface area contributed by atoms with Gasteiger partial charge in [-0.3, -0.25) is 4.79 Å². The summed E-state index contributed by atoms with van der Waals surface area (Å²) in [6, 6.07) is 16.0. The topological polar surface area (TPSA) is 56.1 Å². The predicted molar refractivity (Wildman–Crippen MR) is 120 cm³/mol. The zero-order valence-corrected chi connectivity index (χ0v) is 17.9. The first-order valence-corrected chi connectivity index (χ1v) is 11.1. The largest absolute Gasteiger partial charge is 0.491 e. The Labute approximate surface area is 178 Å². The Bertz CT molecular complexity index is 1000. The number of amides is 1. The first-order valence-electron chi connectivity index (χ1n) is 11.1. The minimum Gasteiger partial charge on any atom is -0.491 e. The van der Waals surface area contributed by atoms with Gasteiger partial charge in [0.2, 0.25) is 5.91 Å². The summed E-state index contributed by atoms with van der Waals surface area (Å²) in [5.74, 6) is 2.09. The van der Waals surface area contributed by atoms with E-state index in [1.807, 2.05) is 43.3 Å². The minimum absolute atomic E-state index is 0.142. The van der Waals surface area contributed by atoms with E-state index >= 15 is 0 Å². The molecule has 1 saturated carbocycles. The molecule has 1 atom stereocenters. The molecule has 0 spiro atoms. The van der Waals surface area contributed by atoms with Gasteiger partial charge in [0.05, 0.1) is 23.6 Å². The second-order valence-corrected chi connectivity index (χ2v) is 8.29. The molecule has 0 saturated heterocycles. The number of ether oxygens (including phenoxy) is 1. The summed E-state index contributed by atoms with van der Waals surface area (Å²) < 4.78 is 8.21. The number of imidazole rings is 1. The molecule has 1 fully saturated rings. The minimum atomic E-state index is -0.148. The van der Waals surface area contributed by atoms with E-state index in [1.165, 1.54) is 6.42 Å². The third-order valence-electron chi connectivity index (χ3n) is 6.07. The number of aryl methyl sites for hydroxylation is 1. The van der Waals surface area contributed by atoms with E-state index in [0.29, 0.717) is 13.2 Å². The average molecular weight is 406 g/mol. The summed E-state index contributed by atoms with van der Waals surface area (Å²) in [5.41, 5.74) is 3.14. The molecule has 0 aliphatic heterocycles. The molecule has 1 heterocycles. The Morgan fingerprint density at radius 3 is 2.67 bits per heavy atom. The van der Waals surface area contributed by atoms with Crippen molar-refractivity contribution in [1.29, 1.82) is 0 Å². The standard InChI is InChI=1S/C25H31N3O2/c1-18-10-6-9-15-23(18)30-17-16-28-22-14-8-7-13-21(22)27-24(28)19(2)26-25(29)20-11-4-3-5-12-20/h6-10,13-15,19-20H,3-5,11-12,16-17H2,1-2H3,(H,26,29). The van der Waals surface area contributed by atoms with Crippen molar-refractivity contribution in [3.63, 3.8) is 0 Å². The van der Waals surface area contributed by atoms with Crippen molar-refractivity contribution in [2.75, 3.05) is 6.61 Å². The van der Waals surface area contributed by atoms with Crippen LogP contribution < -0.4 is 10.1 Å². The maximum atomic E-state index is 12.8. The highest BCUT2D eigenvalue weighted by atomic mass is 16.5. The van der Waals surface area contributed by atoms with E-state index in [4.69, 9.17) is 9.72 Å². The SMILES string of the molecule is Cc1ccccc1OCCn1c(C(C)NC(=O)C2CCCCC2)nc2ccccc21. The number of rotatable bonds is 7. The summed E-state index contributed by atoms with van der Waals surface area (Å²) in [6.07, 6.45) is 5.55. The second-order valence-electron chi connectivity index (χ2n) is 8.29. The number of hydrogen-bond acceptors (Lipinski definition) is 3. The number of hydrogen-bond donors (Lipinski definition) is 1. The van der Waals surface area contributed by atoms with Crippen molar-refractivity contribution in [2.45, 2.75) is 58.5 Å². The van der Waals surface area contributed by atoms with Crippen LogP contribution in [0, 0.1) is 12.8 Å². The number of nitrogens with one attached hydrogen (secondary N) is 1. The van der Waals surface area contributed by atoms with Crippen molar-refractivity contribution in [3.05, 3.63) is 59.9 Å². The fourth-order valence-electron chi connectivity index (χ4n) is 4.39. The number of nitrogens with zero attached hydrogens (tertiary/aromatic N) is 2. The fraction of sp³-hybridized carbons (Fsp3) is 0.440. The normalized spacial score (nSPS) is 15.8. The van der Waals surface area contributed by atoms with Crippen LogP contribution >= 0.6 is 0 Å². The molecule has 3 aromatic rings. The fourth-order valence-corrected chi connectivity index (χ4v) is 4.39. The van der Waals surface area contributed by atoms with Gasteiger partial charge in [0.1, 0.15) is 18.2 Å². The Kier molecular flexibility index (Phi) is 6.36. The molecule has 5 heteroatoms. The molecular weight excluding hydrogens is 374 g/mol. The summed E-state index contributed by atoms with van der Waals surface area (Å²) in [6.45, 7) is 5.30. The molecular formula is C25H31N3O2. The van der Waals surface area contributed by atoms with Gasteiger partial charge in [0.25, 0.3) is 0 Å².